The molecule has 1 amide bonds. The second-order valence-electron chi connectivity index (χ2n) is 9.19. The van der Waals surface area contributed by atoms with E-state index in [0.29, 0.717) is 37.1 Å². The van der Waals surface area contributed by atoms with Crippen molar-refractivity contribution in [2.45, 2.75) is 31.6 Å². The van der Waals surface area contributed by atoms with Gasteiger partial charge in [0.25, 0.3) is 11.9 Å². The number of amides is 1. The highest BCUT2D eigenvalue weighted by molar-refractivity contribution is 5.95. The number of aryl methyl sites for hydroxylation is 2. The minimum absolute atomic E-state index is 0.0371. The maximum absolute atomic E-state index is 13.4. The summed E-state index contributed by atoms with van der Waals surface area (Å²) in [4.78, 5) is 27.1. The molecule has 8 heteroatoms. The van der Waals surface area contributed by atoms with Crippen molar-refractivity contribution in [2.75, 3.05) is 39.3 Å². The molecule has 2 aliphatic carbocycles. The zero-order valence-electron chi connectivity index (χ0n) is 18.7. The van der Waals surface area contributed by atoms with Gasteiger partial charge in [0, 0.05) is 50.4 Å². The summed E-state index contributed by atoms with van der Waals surface area (Å²) < 4.78 is 1.80. The van der Waals surface area contributed by atoms with Crippen LogP contribution in [0.15, 0.2) is 36.7 Å². The van der Waals surface area contributed by atoms with Gasteiger partial charge < -0.3 is 10.0 Å². The molecule has 0 atom stereocenters. The summed E-state index contributed by atoms with van der Waals surface area (Å²) in [6.45, 7) is 3.71. The van der Waals surface area contributed by atoms with Gasteiger partial charge in [-0.15, -0.1) is 0 Å². The fraction of sp³-hybridized carbons (Fsp3) is 0.440. The minimum Gasteiger partial charge on any atom is -0.395 e. The van der Waals surface area contributed by atoms with Gasteiger partial charge in [0.15, 0.2) is 0 Å². The molecular formula is C25H28N6O2. The average molecular weight is 445 g/mol. The Morgan fingerprint density at radius 1 is 1.03 bits per heavy atom. The Bertz CT molecular complexity index is 1190. The van der Waals surface area contributed by atoms with Gasteiger partial charge in [0.2, 0.25) is 0 Å². The Hall–Kier alpha value is -3.10. The van der Waals surface area contributed by atoms with Crippen molar-refractivity contribution in [3.63, 3.8) is 0 Å². The van der Waals surface area contributed by atoms with Gasteiger partial charge in [-0.2, -0.15) is 5.10 Å². The fourth-order valence-corrected chi connectivity index (χ4v) is 5.07. The molecule has 1 saturated carbocycles. The van der Waals surface area contributed by atoms with Crippen molar-refractivity contribution >= 4 is 5.91 Å². The fourth-order valence-electron chi connectivity index (χ4n) is 5.07. The van der Waals surface area contributed by atoms with Crippen LogP contribution < -0.4 is 0 Å². The van der Waals surface area contributed by atoms with Crippen molar-refractivity contribution in [3.8, 4) is 17.2 Å². The first-order chi connectivity index (χ1) is 16.2. The predicted molar refractivity (Wildman–Crippen MR) is 123 cm³/mol. The molecule has 2 aromatic heterocycles. The number of hydrogen-bond donors (Lipinski definition) is 1. The molecule has 0 spiro atoms. The summed E-state index contributed by atoms with van der Waals surface area (Å²) in [5, 5.41) is 13.8. The van der Waals surface area contributed by atoms with Gasteiger partial charge in [0.1, 0.15) is 0 Å². The van der Waals surface area contributed by atoms with E-state index in [1.165, 1.54) is 11.1 Å². The Labute approximate surface area is 192 Å². The highest BCUT2D eigenvalue weighted by atomic mass is 16.3. The quantitative estimate of drug-likeness (QED) is 0.648. The molecule has 2 fully saturated rings. The lowest BCUT2D eigenvalue weighted by Crippen LogP contribution is -2.49. The van der Waals surface area contributed by atoms with Gasteiger partial charge in [-0.05, 0) is 36.8 Å². The van der Waals surface area contributed by atoms with E-state index in [2.05, 4.69) is 39.2 Å². The summed E-state index contributed by atoms with van der Waals surface area (Å²) in [7, 11) is 0. The van der Waals surface area contributed by atoms with E-state index in [4.69, 9.17) is 4.98 Å². The van der Waals surface area contributed by atoms with Gasteiger partial charge in [0.05, 0.1) is 29.8 Å². The van der Waals surface area contributed by atoms with Gasteiger partial charge in [-0.25, -0.2) is 14.6 Å². The average Bonchev–Trinajstić information content (AvgIpc) is 3.61. The third kappa shape index (κ3) is 3.73. The molecule has 0 unspecified atom stereocenters. The van der Waals surface area contributed by atoms with E-state index in [0.717, 1.165) is 55.7 Å². The molecule has 0 radical (unpaired) electrons. The Kier molecular flexibility index (Phi) is 5.19. The summed E-state index contributed by atoms with van der Waals surface area (Å²) in [6, 6.07) is 8.42. The van der Waals surface area contributed by atoms with Gasteiger partial charge in [-0.3, -0.25) is 9.69 Å². The number of β-amino-alcohol motifs (C(OH)–C–C–N with tert-alkyl or cyclic N) is 1. The summed E-state index contributed by atoms with van der Waals surface area (Å²) in [5.41, 5.74) is 6.24. The second-order valence-corrected chi connectivity index (χ2v) is 9.19. The van der Waals surface area contributed by atoms with E-state index in [1.54, 1.807) is 10.9 Å². The van der Waals surface area contributed by atoms with E-state index < -0.39 is 0 Å². The first-order valence-electron chi connectivity index (χ1n) is 11.9. The maximum atomic E-state index is 13.4. The standard InChI is InChI=1S/C25H28N6O2/c32-14-13-29-9-11-30(12-10-29)24(33)21-16-27-31(23(21)18-6-7-18)25-26-15-19-8-5-17-3-1-2-4-20(17)22(19)28-25/h1-4,15-16,18,32H,5-14H2. The molecule has 3 aliphatic rings. The topological polar surface area (TPSA) is 87.4 Å². The molecule has 0 bridgehead atoms. The first-order valence-corrected chi connectivity index (χ1v) is 11.9. The number of carbonyl (C=O) groups is 1. The molecule has 170 valence electrons. The molecule has 1 aromatic carbocycles. The molecular weight excluding hydrogens is 416 g/mol. The summed E-state index contributed by atoms with van der Waals surface area (Å²) in [6.07, 6.45) is 7.69. The molecule has 3 aromatic rings. The van der Waals surface area contributed by atoms with Crippen LogP contribution in [0.3, 0.4) is 0 Å². The number of aliphatic hydroxyl groups is 1. The van der Waals surface area contributed by atoms with Crippen molar-refractivity contribution in [1.82, 2.24) is 29.5 Å². The predicted octanol–water partition coefficient (Wildman–Crippen LogP) is 2.06. The Morgan fingerprint density at radius 2 is 1.82 bits per heavy atom. The maximum Gasteiger partial charge on any atom is 0.257 e. The van der Waals surface area contributed by atoms with Crippen LogP contribution in [0, 0.1) is 0 Å². The highest BCUT2D eigenvalue weighted by Crippen LogP contribution is 2.43. The number of carbonyl (C=O) groups excluding carboxylic acids is 1. The second kappa shape index (κ2) is 8.35. The number of rotatable bonds is 5. The van der Waals surface area contributed by atoms with Crippen LogP contribution in [0.25, 0.3) is 17.2 Å². The van der Waals surface area contributed by atoms with Crippen LogP contribution in [0.2, 0.25) is 0 Å². The molecule has 1 N–H and O–H groups in total. The summed E-state index contributed by atoms with van der Waals surface area (Å²) in [5.74, 6) is 0.906. The van der Waals surface area contributed by atoms with Crippen LogP contribution in [0.5, 0.6) is 0 Å². The van der Waals surface area contributed by atoms with Gasteiger partial charge >= 0.3 is 0 Å². The van der Waals surface area contributed by atoms with Crippen LogP contribution in [0.1, 0.15) is 45.9 Å². The number of benzene rings is 1. The smallest absolute Gasteiger partial charge is 0.257 e. The van der Waals surface area contributed by atoms with E-state index in [-0.39, 0.29) is 12.5 Å². The van der Waals surface area contributed by atoms with Gasteiger partial charge in [-0.1, -0.05) is 24.3 Å². The molecule has 33 heavy (non-hydrogen) atoms. The third-order valence-corrected chi connectivity index (χ3v) is 7.05. The zero-order chi connectivity index (χ0) is 22.4. The summed E-state index contributed by atoms with van der Waals surface area (Å²) >= 11 is 0. The SMILES string of the molecule is O=C(c1cnn(-c2ncc3c(n2)-c2ccccc2CC3)c1C1CC1)N1CCN(CCO)CC1. The molecule has 8 nitrogen and oxygen atoms in total. The van der Waals surface area contributed by atoms with Crippen LogP contribution in [0.4, 0.5) is 0 Å². The van der Waals surface area contributed by atoms with E-state index in [9.17, 15) is 9.90 Å². The number of fused-ring (bicyclic) bond motifs is 3. The largest absolute Gasteiger partial charge is 0.395 e. The normalized spacial score (nSPS) is 18.2. The lowest BCUT2D eigenvalue weighted by Gasteiger charge is -2.34. The zero-order valence-corrected chi connectivity index (χ0v) is 18.7. The van der Waals surface area contributed by atoms with Crippen molar-refractivity contribution in [3.05, 3.63) is 59.0 Å². The lowest BCUT2D eigenvalue weighted by molar-refractivity contribution is 0.0614. The minimum atomic E-state index is 0.0371. The number of piperazine rings is 1. The van der Waals surface area contributed by atoms with Crippen molar-refractivity contribution in [1.29, 1.82) is 0 Å². The Morgan fingerprint density at radius 3 is 2.61 bits per heavy atom. The Balaban J connectivity index is 1.33. The van der Waals surface area contributed by atoms with Crippen molar-refractivity contribution < 1.29 is 9.90 Å². The van der Waals surface area contributed by atoms with E-state index in [1.807, 2.05) is 11.1 Å². The third-order valence-electron chi connectivity index (χ3n) is 7.05. The molecule has 3 heterocycles. The number of aliphatic hydroxyl groups excluding tert-OH is 1. The molecule has 6 rings (SSSR count). The number of hydrogen-bond acceptors (Lipinski definition) is 6. The number of nitrogens with zero attached hydrogens (tertiary/aromatic N) is 6. The first kappa shape index (κ1) is 20.5. The monoisotopic (exact) mass is 444 g/mol. The molecule has 1 saturated heterocycles. The highest BCUT2D eigenvalue weighted by Gasteiger charge is 2.35. The number of aromatic nitrogens is 4. The molecule has 1 aliphatic heterocycles. The van der Waals surface area contributed by atoms with Crippen LogP contribution >= 0.6 is 0 Å². The van der Waals surface area contributed by atoms with Crippen LogP contribution in [-0.2, 0) is 12.8 Å². The lowest BCUT2D eigenvalue weighted by atomic mass is 9.90. The van der Waals surface area contributed by atoms with Crippen LogP contribution in [-0.4, -0.2) is 79.9 Å². The van der Waals surface area contributed by atoms with Crippen molar-refractivity contribution in [2.24, 2.45) is 0 Å². The van der Waals surface area contributed by atoms with E-state index >= 15 is 0 Å².